The van der Waals surface area contributed by atoms with Crippen LogP contribution in [0.3, 0.4) is 0 Å². The van der Waals surface area contributed by atoms with Gasteiger partial charge in [0.2, 0.25) is 10.0 Å². The van der Waals surface area contributed by atoms with E-state index in [2.05, 4.69) is 4.40 Å². The van der Waals surface area contributed by atoms with Crippen LogP contribution in [0.1, 0.15) is 19.4 Å². The number of piperazine rings is 1. The third-order valence-corrected chi connectivity index (χ3v) is 10.7. The predicted molar refractivity (Wildman–Crippen MR) is 132 cm³/mol. The van der Waals surface area contributed by atoms with Crippen LogP contribution < -0.4 is 4.90 Å². The minimum Gasteiger partial charge on any atom is -0.368 e. The highest BCUT2D eigenvalue weighted by molar-refractivity contribution is 8.15. The maximum absolute atomic E-state index is 13.1. The van der Waals surface area contributed by atoms with E-state index in [1.165, 1.54) is 22.5 Å². The monoisotopic (exact) mass is 562 g/mol. The quantitative estimate of drug-likeness (QED) is 0.549. The van der Waals surface area contributed by atoms with E-state index in [0.717, 1.165) is 30.0 Å². The van der Waals surface area contributed by atoms with E-state index < -0.39 is 31.8 Å². The van der Waals surface area contributed by atoms with Gasteiger partial charge in [0, 0.05) is 49.9 Å². The molecule has 2 aliphatic heterocycles. The molecule has 2 aliphatic rings. The van der Waals surface area contributed by atoms with Crippen LogP contribution in [0.2, 0.25) is 0 Å². The maximum atomic E-state index is 13.1. The lowest BCUT2D eigenvalue weighted by Gasteiger charge is -2.38. The predicted octanol–water partition coefficient (Wildman–Crippen LogP) is 3.71. The largest absolute Gasteiger partial charge is 0.416 e. The highest BCUT2D eigenvalue weighted by Crippen LogP contribution is 2.38. The van der Waals surface area contributed by atoms with Crippen LogP contribution in [-0.2, 0) is 26.2 Å². The van der Waals surface area contributed by atoms with E-state index in [9.17, 15) is 30.0 Å². The van der Waals surface area contributed by atoms with E-state index in [4.69, 9.17) is 0 Å². The number of halogens is 3. The molecule has 0 bridgehead atoms. The number of anilines is 1. The van der Waals surface area contributed by atoms with Gasteiger partial charge in [-0.1, -0.05) is 19.9 Å². The first-order chi connectivity index (χ1) is 16.9. The van der Waals surface area contributed by atoms with Crippen molar-refractivity contribution in [1.29, 1.82) is 0 Å². The Kier molecular flexibility index (Phi) is 7.34. The van der Waals surface area contributed by atoms with Gasteiger partial charge in [-0.25, -0.2) is 8.42 Å². The van der Waals surface area contributed by atoms with Crippen molar-refractivity contribution in [2.24, 2.45) is 4.40 Å². The summed E-state index contributed by atoms with van der Waals surface area (Å²) in [6, 6.07) is 9.12. The Morgan fingerprint density at radius 2 is 1.64 bits per heavy atom. The van der Waals surface area contributed by atoms with Gasteiger partial charge in [-0.05, 0) is 48.2 Å². The highest BCUT2D eigenvalue weighted by atomic mass is 32.2. The zero-order chi connectivity index (χ0) is 26.3. The van der Waals surface area contributed by atoms with Gasteiger partial charge in [-0.2, -0.15) is 25.9 Å². The Balaban J connectivity index is 1.52. The molecule has 2 aromatic rings. The first-order valence-electron chi connectivity index (χ1n) is 11.2. The van der Waals surface area contributed by atoms with Crippen LogP contribution in [0.4, 0.5) is 18.9 Å². The number of thioether (sulfide) groups is 1. The van der Waals surface area contributed by atoms with Crippen molar-refractivity contribution >= 4 is 42.7 Å². The lowest BCUT2D eigenvalue weighted by atomic mass is 10.1. The van der Waals surface area contributed by atoms with Gasteiger partial charge < -0.3 is 9.80 Å². The third kappa shape index (κ3) is 5.22. The van der Waals surface area contributed by atoms with Crippen LogP contribution in [0.15, 0.2) is 61.5 Å². The number of nitrogens with zero attached hydrogens (tertiary/aromatic N) is 4. The van der Waals surface area contributed by atoms with Crippen molar-refractivity contribution in [2.75, 3.05) is 44.2 Å². The minimum atomic E-state index is -4.43. The number of fused-ring (bicyclic) bond motifs is 1. The number of rotatable bonds is 5. The summed E-state index contributed by atoms with van der Waals surface area (Å²) < 4.78 is 96.0. The van der Waals surface area contributed by atoms with E-state index in [0.29, 0.717) is 36.8 Å². The van der Waals surface area contributed by atoms with E-state index >= 15 is 0 Å². The smallest absolute Gasteiger partial charge is 0.368 e. The molecule has 0 N–H and O–H groups in total. The van der Waals surface area contributed by atoms with Gasteiger partial charge in [0.15, 0.2) is 5.17 Å². The Morgan fingerprint density at radius 3 is 2.25 bits per heavy atom. The number of sulfonamides is 2. The van der Waals surface area contributed by atoms with Crippen molar-refractivity contribution in [3.8, 4) is 0 Å². The van der Waals surface area contributed by atoms with Crippen LogP contribution in [-0.4, -0.2) is 70.5 Å². The van der Waals surface area contributed by atoms with Crippen molar-refractivity contribution in [3.05, 3.63) is 48.0 Å². The fourth-order valence-corrected chi connectivity index (χ4v) is 8.34. The lowest BCUT2D eigenvalue weighted by molar-refractivity contribution is -0.137. The molecule has 8 nitrogen and oxygen atoms in total. The molecule has 36 heavy (non-hydrogen) atoms. The van der Waals surface area contributed by atoms with Gasteiger partial charge in [0.05, 0.1) is 10.5 Å². The van der Waals surface area contributed by atoms with Crippen LogP contribution in [0.5, 0.6) is 0 Å². The van der Waals surface area contributed by atoms with Gasteiger partial charge in [0.25, 0.3) is 10.0 Å². The number of amidine groups is 1. The molecule has 0 amide bonds. The summed E-state index contributed by atoms with van der Waals surface area (Å²) in [6.45, 7) is 5.41. The summed E-state index contributed by atoms with van der Waals surface area (Å²) in [6.07, 6.45) is -4.43. The summed E-state index contributed by atoms with van der Waals surface area (Å²) in [7, 11) is -7.99. The van der Waals surface area contributed by atoms with Crippen molar-refractivity contribution in [1.82, 2.24) is 9.21 Å². The first-order valence-corrected chi connectivity index (χ1v) is 14.9. The second kappa shape index (κ2) is 9.88. The fraction of sp³-hybridized carbons (Fsp3) is 0.409. The SMILES string of the molecule is CCN(CC)S(=O)(=O)c1ccc2c(c1)S(=O)(=O)N=C(N1CCN(c3cccc(C(F)(F)F)c3)CC1)S2. The van der Waals surface area contributed by atoms with Crippen LogP contribution >= 0.6 is 11.8 Å². The molecule has 0 unspecified atom stereocenters. The van der Waals surface area contributed by atoms with Gasteiger partial charge in [0.1, 0.15) is 4.90 Å². The molecule has 0 spiro atoms. The summed E-state index contributed by atoms with van der Waals surface area (Å²) in [4.78, 5) is 3.69. The van der Waals surface area contributed by atoms with Gasteiger partial charge >= 0.3 is 6.18 Å². The molecule has 2 heterocycles. The van der Waals surface area contributed by atoms with Crippen LogP contribution in [0, 0.1) is 0 Å². The number of hydrogen-bond acceptors (Lipinski definition) is 7. The molecule has 0 aliphatic carbocycles. The second-order valence-corrected chi connectivity index (χ2v) is 12.7. The second-order valence-electron chi connectivity index (χ2n) is 8.17. The molecular weight excluding hydrogens is 537 g/mol. The Labute approximate surface area is 212 Å². The molecule has 1 saturated heterocycles. The molecule has 14 heteroatoms. The molecule has 2 aromatic carbocycles. The molecule has 0 atom stereocenters. The standard InChI is InChI=1S/C22H25F3N4O4S3/c1-3-29(4-2)36(32,33)18-8-9-19-20(15-18)35(30,31)26-21(34-19)28-12-10-27(11-13-28)17-7-5-6-16(14-17)22(23,24)25/h5-9,14-15H,3-4,10-13H2,1-2H3. The Bertz CT molecular complexity index is 1380. The average molecular weight is 563 g/mol. The highest BCUT2D eigenvalue weighted by Gasteiger charge is 2.34. The Morgan fingerprint density at radius 1 is 1.00 bits per heavy atom. The molecule has 1 fully saturated rings. The summed E-state index contributed by atoms with van der Waals surface area (Å²) in [5, 5.41) is 0.255. The molecule has 0 radical (unpaired) electrons. The molecule has 0 aromatic heterocycles. The number of hydrogen-bond donors (Lipinski definition) is 0. The van der Waals surface area contributed by atoms with Crippen molar-refractivity contribution < 1.29 is 30.0 Å². The maximum Gasteiger partial charge on any atom is 0.416 e. The summed E-state index contributed by atoms with van der Waals surface area (Å²) in [5.74, 6) is 0. The minimum absolute atomic E-state index is 0.109. The zero-order valence-corrected chi connectivity index (χ0v) is 22.0. The zero-order valence-electron chi connectivity index (χ0n) is 19.6. The van der Waals surface area contributed by atoms with Gasteiger partial charge in [-0.3, -0.25) is 0 Å². The molecule has 196 valence electrons. The third-order valence-electron chi connectivity index (χ3n) is 6.02. The van der Waals surface area contributed by atoms with E-state index in [1.807, 2.05) is 4.90 Å². The van der Waals surface area contributed by atoms with Gasteiger partial charge in [-0.15, -0.1) is 4.40 Å². The van der Waals surface area contributed by atoms with Crippen LogP contribution in [0.25, 0.3) is 0 Å². The number of alkyl halides is 3. The van der Waals surface area contributed by atoms with Crippen molar-refractivity contribution in [2.45, 2.75) is 34.7 Å². The number of benzene rings is 2. The summed E-state index contributed by atoms with van der Waals surface area (Å²) >= 11 is 1.13. The fourth-order valence-electron chi connectivity index (χ4n) is 4.07. The average Bonchev–Trinajstić information content (AvgIpc) is 2.83. The van der Waals surface area contributed by atoms with Crippen molar-refractivity contribution in [3.63, 3.8) is 0 Å². The lowest BCUT2D eigenvalue weighted by Crippen LogP contribution is -2.48. The first kappa shape index (κ1) is 26.8. The van der Waals surface area contributed by atoms with E-state index in [1.54, 1.807) is 24.8 Å². The topological polar surface area (TPSA) is 90.4 Å². The normalized spacial score (nSPS) is 18.2. The van der Waals surface area contributed by atoms with E-state index in [-0.39, 0.29) is 28.0 Å². The molecular formula is C22H25F3N4O4S3. The molecule has 0 saturated carbocycles. The molecule has 4 rings (SSSR count). The summed E-state index contributed by atoms with van der Waals surface area (Å²) in [5.41, 5.74) is -0.276. The Hall–Kier alpha value is -2.29.